The first kappa shape index (κ1) is 57.6. The van der Waals surface area contributed by atoms with Crippen LogP contribution >= 0.6 is 0 Å². The van der Waals surface area contributed by atoms with Crippen LogP contribution in [0.25, 0.3) is 0 Å². The van der Waals surface area contributed by atoms with E-state index >= 15 is 0 Å². The molecule has 60 heavy (non-hydrogen) atoms. The average Bonchev–Trinajstić information content (AvgIpc) is 3.25. The second-order valence-electron chi connectivity index (χ2n) is 17.1. The topological polar surface area (TPSA) is 61.8 Å². The van der Waals surface area contributed by atoms with Gasteiger partial charge < -0.3 is 14.2 Å². The van der Waals surface area contributed by atoms with Gasteiger partial charge in [0.25, 0.3) is 0 Å². The first-order valence-corrected chi connectivity index (χ1v) is 25.8. The van der Waals surface area contributed by atoms with Crippen LogP contribution in [0.1, 0.15) is 252 Å². The molecule has 0 radical (unpaired) electrons. The molecule has 0 aliphatic rings. The number of carbonyl (C=O) groups excluding carboxylic acids is 2. The van der Waals surface area contributed by atoms with E-state index < -0.39 is 6.10 Å². The molecule has 0 aliphatic carbocycles. The lowest BCUT2D eigenvalue weighted by Gasteiger charge is -2.18. The molecule has 5 nitrogen and oxygen atoms in total. The third kappa shape index (κ3) is 48.3. The van der Waals surface area contributed by atoms with E-state index in [0.29, 0.717) is 19.4 Å². The van der Waals surface area contributed by atoms with Gasteiger partial charge in [-0.15, -0.1) is 0 Å². The maximum Gasteiger partial charge on any atom is 0.306 e. The Hall–Kier alpha value is -2.40. The zero-order chi connectivity index (χ0) is 43.5. The molecule has 0 aromatic heterocycles. The van der Waals surface area contributed by atoms with Crippen molar-refractivity contribution in [2.45, 2.75) is 258 Å². The molecule has 0 aromatic carbocycles. The Labute approximate surface area is 373 Å². The second kappa shape index (κ2) is 51.0. The predicted octanol–water partition coefficient (Wildman–Crippen LogP) is 17.3. The lowest BCUT2D eigenvalue weighted by molar-refractivity contribution is -0.162. The van der Waals surface area contributed by atoms with Crippen molar-refractivity contribution in [2.24, 2.45) is 0 Å². The van der Waals surface area contributed by atoms with Crippen LogP contribution in [0.15, 0.2) is 60.8 Å². The molecule has 0 rings (SSSR count). The Morgan fingerprint density at radius 1 is 0.367 bits per heavy atom. The summed E-state index contributed by atoms with van der Waals surface area (Å²) < 4.78 is 17.3. The summed E-state index contributed by atoms with van der Waals surface area (Å²) in [5, 5.41) is 0. The number of allylic oxidation sites excluding steroid dienone is 10. The summed E-state index contributed by atoms with van der Waals surface area (Å²) in [6.07, 6.45) is 63.8. The zero-order valence-corrected chi connectivity index (χ0v) is 40.0. The lowest BCUT2D eigenvalue weighted by atomic mass is 10.0. The molecule has 0 fully saturated rings. The Balaban J connectivity index is 4.33. The molecule has 0 saturated carbocycles. The van der Waals surface area contributed by atoms with Crippen molar-refractivity contribution in [1.29, 1.82) is 0 Å². The summed E-state index contributed by atoms with van der Waals surface area (Å²) >= 11 is 0. The highest BCUT2D eigenvalue weighted by Gasteiger charge is 2.17. The number of ether oxygens (including phenoxy) is 3. The summed E-state index contributed by atoms with van der Waals surface area (Å²) in [6.45, 7) is 7.72. The van der Waals surface area contributed by atoms with Gasteiger partial charge in [-0.25, -0.2) is 0 Å². The van der Waals surface area contributed by atoms with Gasteiger partial charge in [0.05, 0.1) is 6.61 Å². The highest BCUT2D eigenvalue weighted by Crippen LogP contribution is 2.15. The maximum atomic E-state index is 12.8. The standard InChI is InChI=1S/C55H98O5/c1-4-7-10-13-16-19-22-24-26-28-29-31-34-37-40-43-46-49-55(57)60-53(52-59-54(56)48-45-42-39-36-33-21-18-15-12-9-6-3)51-58-50-47-44-41-38-35-32-30-27-25-23-20-17-14-11-8-5-2/h15-16,18-19,24,26,29,31,37,40,53H,4-14,17,20-23,25,27-28,30,32-36,38-39,41-52H2,1-3H3/b18-15-,19-16-,26-24-,31-29-,40-37-/t53-/m1/s1. The maximum absolute atomic E-state index is 12.8. The summed E-state index contributed by atoms with van der Waals surface area (Å²) in [5.74, 6) is -0.466. The number of carbonyl (C=O) groups is 2. The van der Waals surface area contributed by atoms with Crippen LogP contribution in [-0.4, -0.2) is 37.9 Å². The highest BCUT2D eigenvalue weighted by molar-refractivity contribution is 5.70. The molecule has 0 heterocycles. The summed E-state index contributed by atoms with van der Waals surface area (Å²) in [4.78, 5) is 25.3. The number of rotatable bonds is 47. The van der Waals surface area contributed by atoms with Crippen LogP contribution in [0.2, 0.25) is 0 Å². The Morgan fingerprint density at radius 2 is 0.733 bits per heavy atom. The van der Waals surface area contributed by atoms with Crippen LogP contribution in [-0.2, 0) is 23.8 Å². The minimum absolute atomic E-state index is 0.0606. The van der Waals surface area contributed by atoms with Crippen molar-refractivity contribution in [3.05, 3.63) is 60.8 Å². The molecule has 1 atom stereocenters. The summed E-state index contributed by atoms with van der Waals surface area (Å²) in [5.41, 5.74) is 0. The molecule has 0 aliphatic heterocycles. The van der Waals surface area contributed by atoms with Crippen molar-refractivity contribution in [2.75, 3.05) is 19.8 Å². The SMILES string of the molecule is CCCC/C=C\CCCCCCCC(=O)OC[C@@H](COCCCCCCCCCCCCCCCCCC)OC(=O)CCC/C=C\C/C=C\C/C=C\C/C=C\CCCCC. The van der Waals surface area contributed by atoms with E-state index in [-0.39, 0.29) is 25.2 Å². The fourth-order valence-corrected chi connectivity index (χ4v) is 7.13. The van der Waals surface area contributed by atoms with E-state index in [1.54, 1.807) is 0 Å². The minimum Gasteiger partial charge on any atom is -0.462 e. The van der Waals surface area contributed by atoms with Crippen molar-refractivity contribution < 1.29 is 23.8 Å². The Morgan fingerprint density at radius 3 is 1.27 bits per heavy atom. The normalized spacial score (nSPS) is 12.7. The molecule has 0 bridgehead atoms. The highest BCUT2D eigenvalue weighted by atomic mass is 16.6. The third-order valence-corrected chi connectivity index (χ3v) is 11.0. The van der Waals surface area contributed by atoms with Crippen molar-refractivity contribution in [3.8, 4) is 0 Å². The molecular formula is C55H98O5. The number of hydrogen-bond donors (Lipinski definition) is 0. The largest absolute Gasteiger partial charge is 0.462 e. The molecular weight excluding hydrogens is 741 g/mol. The molecule has 0 unspecified atom stereocenters. The second-order valence-corrected chi connectivity index (χ2v) is 17.1. The summed E-state index contributed by atoms with van der Waals surface area (Å²) in [6, 6.07) is 0. The van der Waals surface area contributed by atoms with Crippen molar-refractivity contribution in [1.82, 2.24) is 0 Å². The smallest absolute Gasteiger partial charge is 0.306 e. The number of esters is 2. The Kier molecular flexibility index (Phi) is 48.9. The third-order valence-electron chi connectivity index (χ3n) is 11.0. The van der Waals surface area contributed by atoms with Gasteiger partial charge in [0.15, 0.2) is 6.10 Å². The molecule has 0 spiro atoms. The van der Waals surface area contributed by atoms with Crippen molar-refractivity contribution in [3.63, 3.8) is 0 Å². The van der Waals surface area contributed by atoms with E-state index in [4.69, 9.17) is 14.2 Å². The first-order chi connectivity index (χ1) is 29.6. The summed E-state index contributed by atoms with van der Waals surface area (Å²) in [7, 11) is 0. The van der Waals surface area contributed by atoms with Crippen LogP contribution in [0.3, 0.4) is 0 Å². The fourth-order valence-electron chi connectivity index (χ4n) is 7.13. The molecule has 348 valence electrons. The van der Waals surface area contributed by atoms with Gasteiger partial charge in [0, 0.05) is 19.4 Å². The molecule has 0 amide bonds. The van der Waals surface area contributed by atoms with E-state index in [1.807, 2.05) is 0 Å². The quantitative estimate of drug-likeness (QED) is 0.0347. The van der Waals surface area contributed by atoms with Gasteiger partial charge >= 0.3 is 11.9 Å². The molecule has 0 saturated heterocycles. The fraction of sp³-hybridized carbons (Fsp3) is 0.782. The average molecular weight is 839 g/mol. The van der Waals surface area contributed by atoms with Gasteiger partial charge in [-0.2, -0.15) is 0 Å². The predicted molar refractivity (Wildman–Crippen MR) is 261 cm³/mol. The van der Waals surface area contributed by atoms with Gasteiger partial charge in [0.1, 0.15) is 6.61 Å². The van der Waals surface area contributed by atoms with Crippen molar-refractivity contribution >= 4 is 11.9 Å². The molecule has 5 heteroatoms. The van der Waals surface area contributed by atoms with Crippen LogP contribution in [0, 0.1) is 0 Å². The van der Waals surface area contributed by atoms with Gasteiger partial charge in [-0.05, 0) is 77.0 Å². The van der Waals surface area contributed by atoms with Gasteiger partial charge in [-0.3, -0.25) is 9.59 Å². The molecule has 0 N–H and O–H groups in total. The zero-order valence-electron chi connectivity index (χ0n) is 40.0. The van der Waals surface area contributed by atoms with Crippen LogP contribution in [0.5, 0.6) is 0 Å². The van der Waals surface area contributed by atoms with Crippen LogP contribution < -0.4 is 0 Å². The first-order valence-electron chi connectivity index (χ1n) is 25.8. The molecule has 0 aromatic rings. The Bertz CT molecular complexity index is 1040. The van der Waals surface area contributed by atoms with Gasteiger partial charge in [-0.1, -0.05) is 223 Å². The number of hydrogen-bond acceptors (Lipinski definition) is 5. The van der Waals surface area contributed by atoms with Crippen LogP contribution in [0.4, 0.5) is 0 Å². The minimum atomic E-state index is -0.565. The van der Waals surface area contributed by atoms with Gasteiger partial charge in [0.2, 0.25) is 0 Å². The monoisotopic (exact) mass is 839 g/mol. The number of unbranched alkanes of at least 4 members (excludes halogenated alkanes) is 26. The van der Waals surface area contributed by atoms with E-state index in [0.717, 1.165) is 70.6 Å². The lowest BCUT2D eigenvalue weighted by Crippen LogP contribution is -2.30. The van der Waals surface area contributed by atoms with E-state index in [1.165, 1.54) is 148 Å². The van der Waals surface area contributed by atoms with E-state index in [2.05, 4.69) is 81.5 Å². The van der Waals surface area contributed by atoms with E-state index in [9.17, 15) is 9.59 Å².